The maximum atomic E-state index is 3.10. The minimum atomic E-state index is 1.06. The first-order chi connectivity index (χ1) is 6.45. The van der Waals surface area contributed by atoms with Crippen LogP contribution in [-0.2, 0) is 0 Å². The second kappa shape index (κ2) is 3.93. The van der Waals surface area contributed by atoms with Crippen LogP contribution in [0.4, 0.5) is 0 Å². The molecule has 2 rings (SSSR count). The minimum Gasteiger partial charge on any atom is -0.151 e. The predicted octanol–water partition coefficient (Wildman–Crippen LogP) is 3.15. The fourth-order valence-corrected chi connectivity index (χ4v) is 1.59. The summed E-state index contributed by atoms with van der Waals surface area (Å²) >= 11 is 1.67. The molecule has 0 aliphatic heterocycles. The van der Waals surface area contributed by atoms with E-state index < -0.39 is 0 Å². The van der Waals surface area contributed by atoms with Crippen LogP contribution in [0.1, 0.15) is 11.1 Å². The SMILES string of the molecule is C(#Cc1ccsc1)c1ccccc1. The molecular weight excluding hydrogens is 176 g/mol. The van der Waals surface area contributed by atoms with Crippen molar-refractivity contribution in [1.82, 2.24) is 0 Å². The zero-order valence-electron chi connectivity index (χ0n) is 7.03. The number of rotatable bonds is 0. The average Bonchev–Trinajstić information content (AvgIpc) is 2.69. The highest BCUT2D eigenvalue weighted by molar-refractivity contribution is 7.08. The van der Waals surface area contributed by atoms with Crippen molar-refractivity contribution < 1.29 is 0 Å². The lowest BCUT2D eigenvalue weighted by molar-refractivity contribution is 1.65. The maximum absolute atomic E-state index is 3.10. The highest BCUT2D eigenvalue weighted by Crippen LogP contribution is 2.04. The fourth-order valence-electron chi connectivity index (χ4n) is 1.00. The summed E-state index contributed by atoms with van der Waals surface area (Å²) in [6, 6.07) is 12.0. The molecule has 62 valence electrons. The van der Waals surface area contributed by atoms with Crippen LogP contribution in [0.2, 0.25) is 0 Å². The van der Waals surface area contributed by atoms with E-state index >= 15 is 0 Å². The zero-order valence-corrected chi connectivity index (χ0v) is 7.84. The largest absolute Gasteiger partial charge is 0.151 e. The van der Waals surface area contributed by atoms with Crippen LogP contribution in [0.5, 0.6) is 0 Å². The van der Waals surface area contributed by atoms with Crippen molar-refractivity contribution in [3.05, 3.63) is 58.3 Å². The van der Waals surface area contributed by atoms with Gasteiger partial charge in [0, 0.05) is 16.5 Å². The molecule has 0 bridgehead atoms. The van der Waals surface area contributed by atoms with E-state index in [1.165, 1.54) is 0 Å². The van der Waals surface area contributed by atoms with Crippen LogP contribution in [-0.4, -0.2) is 0 Å². The van der Waals surface area contributed by atoms with Crippen molar-refractivity contribution in [2.75, 3.05) is 0 Å². The van der Waals surface area contributed by atoms with Crippen molar-refractivity contribution in [2.45, 2.75) is 0 Å². The van der Waals surface area contributed by atoms with E-state index in [0.717, 1.165) is 11.1 Å². The van der Waals surface area contributed by atoms with Gasteiger partial charge in [-0.1, -0.05) is 30.0 Å². The summed E-state index contributed by atoms with van der Waals surface area (Å²) in [5.41, 5.74) is 2.16. The molecule has 1 heteroatoms. The molecule has 13 heavy (non-hydrogen) atoms. The van der Waals surface area contributed by atoms with Gasteiger partial charge in [-0.2, -0.15) is 11.3 Å². The first-order valence-corrected chi connectivity index (χ1v) is 4.99. The Morgan fingerprint density at radius 2 is 1.62 bits per heavy atom. The Morgan fingerprint density at radius 3 is 2.31 bits per heavy atom. The van der Waals surface area contributed by atoms with Crippen molar-refractivity contribution in [2.24, 2.45) is 0 Å². The third-order valence-electron chi connectivity index (χ3n) is 1.65. The Hall–Kier alpha value is -1.52. The van der Waals surface area contributed by atoms with E-state index in [1.54, 1.807) is 11.3 Å². The van der Waals surface area contributed by atoms with Crippen LogP contribution in [0.3, 0.4) is 0 Å². The third-order valence-corrected chi connectivity index (χ3v) is 2.33. The predicted molar refractivity (Wildman–Crippen MR) is 56.7 cm³/mol. The van der Waals surface area contributed by atoms with Crippen LogP contribution < -0.4 is 0 Å². The smallest absolute Gasteiger partial charge is 0.0356 e. The summed E-state index contributed by atoms with van der Waals surface area (Å²) in [7, 11) is 0. The third kappa shape index (κ3) is 2.21. The quantitative estimate of drug-likeness (QED) is 0.552. The van der Waals surface area contributed by atoms with Gasteiger partial charge in [0.05, 0.1) is 0 Å². The van der Waals surface area contributed by atoms with E-state index in [4.69, 9.17) is 0 Å². The molecule has 1 aromatic carbocycles. The van der Waals surface area contributed by atoms with Gasteiger partial charge in [0.2, 0.25) is 0 Å². The zero-order chi connectivity index (χ0) is 8.93. The Labute approximate surface area is 81.9 Å². The van der Waals surface area contributed by atoms with Crippen molar-refractivity contribution in [3.8, 4) is 11.8 Å². The van der Waals surface area contributed by atoms with E-state index in [0.29, 0.717) is 0 Å². The van der Waals surface area contributed by atoms with Crippen LogP contribution in [0, 0.1) is 11.8 Å². The normalized spacial score (nSPS) is 8.92. The molecule has 0 nitrogen and oxygen atoms in total. The molecular formula is C12H8S. The first kappa shape index (κ1) is 8.10. The highest BCUT2D eigenvalue weighted by atomic mass is 32.1. The number of hydrogen-bond acceptors (Lipinski definition) is 1. The molecule has 0 radical (unpaired) electrons. The second-order valence-electron chi connectivity index (χ2n) is 2.63. The summed E-state index contributed by atoms with van der Waals surface area (Å²) in [5, 5.41) is 4.09. The molecule has 0 atom stereocenters. The molecule has 2 aromatic rings. The lowest BCUT2D eigenvalue weighted by Gasteiger charge is -1.85. The second-order valence-corrected chi connectivity index (χ2v) is 3.41. The molecule has 1 aromatic heterocycles. The van der Waals surface area contributed by atoms with Gasteiger partial charge in [-0.05, 0) is 23.6 Å². The monoisotopic (exact) mass is 184 g/mol. The van der Waals surface area contributed by atoms with Gasteiger partial charge in [0.25, 0.3) is 0 Å². The van der Waals surface area contributed by atoms with E-state index in [1.807, 2.05) is 41.8 Å². The first-order valence-electron chi connectivity index (χ1n) is 4.04. The van der Waals surface area contributed by atoms with Crippen molar-refractivity contribution >= 4 is 11.3 Å². The number of hydrogen-bond donors (Lipinski definition) is 0. The van der Waals surface area contributed by atoms with E-state index in [-0.39, 0.29) is 0 Å². The van der Waals surface area contributed by atoms with Gasteiger partial charge < -0.3 is 0 Å². The molecule has 0 amide bonds. The molecule has 0 aliphatic rings. The molecule has 0 saturated heterocycles. The maximum Gasteiger partial charge on any atom is 0.0356 e. The summed E-state index contributed by atoms with van der Waals surface area (Å²) in [5.74, 6) is 6.21. The van der Waals surface area contributed by atoms with Crippen LogP contribution in [0.15, 0.2) is 47.2 Å². The Kier molecular flexibility index (Phi) is 2.45. The molecule has 0 fully saturated rings. The molecule has 0 unspecified atom stereocenters. The standard InChI is InChI=1S/C12H8S/c1-2-4-11(5-3-1)6-7-12-8-9-13-10-12/h1-5,8-10H. The van der Waals surface area contributed by atoms with Gasteiger partial charge in [0.1, 0.15) is 0 Å². The Morgan fingerprint density at radius 1 is 0.846 bits per heavy atom. The van der Waals surface area contributed by atoms with Gasteiger partial charge in [-0.15, -0.1) is 0 Å². The van der Waals surface area contributed by atoms with Crippen molar-refractivity contribution in [3.63, 3.8) is 0 Å². The van der Waals surface area contributed by atoms with Crippen LogP contribution in [0.25, 0.3) is 0 Å². The summed E-state index contributed by atoms with van der Waals surface area (Å²) in [6.07, 6.45) is 0. The van der Waals surface area contributed by atoms with E-state index in [2.05, 4.69) is 17.2 Å². The topological polar surface area (TPSA) is 0 Å². The van der Waals surface area contributed by atoms with Gasteiger partial charge >= 0.3 is 0 Å². The molecule has 1 heterocycles. The number of benzene rings is 1. The van der Waals surface area contributed by atoms with E-state index in [9.17, 15) is 0 Å². The molecule has 0 spiro atoms. The summed E-state index contributed by atoms with van der Waals surface area (Å²) < 4.78 is 0. The van der Waals surface area contributed by atoms with Crippen molar-refractivity contribution in [1.29, 1.82) is 0 Å². The van der Waals surface area contributed by atoms with Gasteiger partial charge in [0.15, 0.2) is 0 Å². The molecule has 0 saturated carbocycles. The summed E-state index contributed by atoms with van der Waals surface area (Å²) in [6.45, 7) is 0. The minimum absolute atomic E-state index is 1.06. The van der Waals surface area contributed by atoms with Gasteiger partial charge in [-0.3, -0.25) is 0 Å². The van der Waals surface area contributed by atoms with Gasteiger partial charge in [-0.25, -0.2) is 0 Å². The lowest BCUT2D eigenvalue weighted by Crippen LogP contribution is -1.70. The van der Waals surface area contributed by atoms with Crippen LogP contribution >= 0.6 is 11.3 Å². The lowest BCUT2D eigenvalue weighted by atomic mass is 10.2. The highest BCUT2D eigenvalue weighted by Gasteiger charge is 1.84. The molecule has 0 N–H and O–H groups in total. The Bertz CT molecular complexity index is 415. The Balaban J connectivity index is 2.23. The fraction of sp³-hybridized carbons (Fsp3) is 0. The average molecular weight is 184 g/mol. The summed E-state index contributed by atoms with van der Waals surface area (Å²) in [4.78, 5) is 0. The molecule has 0 aliphatic carbocycles. The number of thiophene rings is 1.